The number of aliphatic hydroxyl groups is 1. The minimum Gasteiger partial charge on any atom is -0.391 e. The number of alkyl halides is 1. The maximum absolute atomic E-state index is 12.4. The number of hydrogen-bond donors (Lipinski definition) is 1. The standard InChI is InChI=1S/C15H20ClNO2/c1-17(13-4-2-3-5-14(13)18)15(19)12-8-6-11(10-16)7-9-12/h6-9,13-14,18H,2-5,10H2,1H3. The van der Waals surface area contributed by atoms with Crippen molar-refractivity contribution in [3.05, 3.63) is 35.4 Å². The van der Waals surface area contributed by atoms with Crippen LogP contribution in [-0.2, 0) is 5.88 Å². The molecule has 2 rings (SSSR count). The van der Waals surface area contributed by atoms with Gasteiger partial charge in [-0.15, -0.1) is 11.6 Å². The van der Waals surface area contributed by atoms with Crippen molar-refractivity contribution in [3.63, 3.8) is 0 Å². The fourth-order valence-corrected chi connectivity index (χ4v) is 2.81. The predicted octanol–water partition coefficient (Wildman–Crippen LogP) is 2.80. The first kappa shape index (κ1) is 14.4. The Labute approximate surface area is 119 Å². The lowest BCUT2D eigenvalue weighted by Crippen LogP contribution is -2.46. The van der Waals surface area contributed by atoms with Gasteiger partial charge in [-0.2, -0.15) is 0 Å². The third-order valence-corrected chi connectivity index (χ3v) is 4.18. The van der Waals surface area contributed by atoms with Crippen molar-refractivity contribution >= 4 is 17.5 Å². The highest BCUT2D eigenvalue weighted by Gasteiger charge is 2.29. The first-order valence-corrected chi connectivity index (χ1v) is 7.27. The minimum atomic E-state index is -0.398. The topological polar surface area (TPSA) is 40.5 Å². The SMILES string of the molecule is CN(C(=O)c1ccc(CCl)cc1)C1CCCCC1O. The number of carbonyl (C=O) groups is 1. The van der Waals surface area contributed by atoms with E-state index in [2.05, 4.69) is 0 Å². The number of halogens is 1. The Hall–Kier alpha value is -1.06. The van der Waals surface area contributed by atoms with E-state index in [9.17, 15) is 9.90 Å². The van der Waals surface area contributed by atoms with Crippen LogP contribution in [0.15, 0.2) is 24.3 Å². The van der Waals surface area contributed by atoms with Crippen molar-refractivity contribution in [3.8, 4) is 0 Å². The smallest absolute Gasteiger partial charge is 0.253 e. The lowest BCUT2D eigenvalue weighted by Gasteiger charge is -2.35. The number of benzene rings is 1. The van der Waals surface area contributed by atoms with Crippen LogP contribution in [0.25, 0.3) is 0 Å². The molecule has 1 aliphatic rings. The molecule has 104 valence electrons. The molecule has 0 aliphatic heterocycles. The Bertz CT molecular complexity index is 432. The van der Waals surface area contributed by atoms with E-state index in [0.29, 0.717) is 11.4 Å². The van der Waals surface area contributed by atoms with Crippen LogP contribution in [0.1, 0.15) is 41.6 Å². The molecule has 1 saturated carbocycles. The lowest BCUT2D eigenvalue weighted by molar-refractivity contribution is 0.0268. The van der Waals surface area contributed by atoms with Crippen molar-refractivity contribution < 1.29 is 9.90 Å². The van der Waals surface area contributed by atoms with E-state index >= 15 is 0 Å². The third-order valence-electron chi connectivity index (χ3n) is 3.87. The van der Waals surface area contributed by atoms with Crippen LogP contribution >= 0.6 is 11.6 Å². The number of likely N-dealkylation sites (N-methyl/N-ethyl adjacent to an activating group) is 1. The van der Waals surface area contributed by atoms with Gasteiger partial charge in [0.2, 0.25) is 0 Å². The van der Waals surface area contributed by atoms with E-state index in [4.69, 9.17) is 11.6 Å². The molecule has 1 N–H and O–H groups in total. The maximum Gasteiger partial charge on any atom is 0.253 e. The molecule has 3 nitrogen and oxygen atoms in total. The van der Waals surface area contributed by atoms with Gasteiger partial charge in [0, 0.05) is 18.5 Å². The summed E-state index contributed by atoms with van der Waals surface area (Å²) >= 11 is 5.73. The Kier molecular flexibility index (Phi) is 4.83. The van der Waals surface area contributed by atoms with Gasteiger partial charge in [-0.1, -0.05) is 25.0 Å². The van der Waals surface area contributed by atoms with Crippen molar-refractivity contribution in [1.82, 2.24) is 4.90 Å². The molecule has 4 heteroatoms. The van der Waals surface area contributed by atoms with Crippen LogP contribution in [-0.4, -0.2) is 35.1 Å². The van der Waals surface area contributed by atoms with Crippen LogP contribution in [0.5, 0.6) is 0 Å². The predicted molar refractivity (Wildman–Crippen MR) is 76.4 cm³/mol. The maximum atomic E-state index is 12.4. The molecule has 1 amide bonds. The van der Waals surface area contributed by atoms with E-state index in [1.165, 1.54) is 0 Å². The van der Waals surface area contributed by atoms with E-state index in [1.807, 2.05) is 12.1 Å². The zero-order chi connectivity index (χ0) is 13.8. The van der Waals surface area contributed by atoms with Crippen molar-refractivity contribution in [1.29, 1.82) is 0 Å². The molecule has 0 aromatic heterocycles. The molecular weight excluding hydrogens is 262 g/mol. The fraction of sp³-hybridized carbons (Fsp3) is 0.533. The van der Waals surface area contributed by atoms with Gasteiger partial charge >= 0.3 is 0 Å². The Morgan fingerprint density at radius 2 is 1.95 bits per heavy atom. The molecule has 0 saturated heterocycles. The van der Waals surface area contributed by atoms with Gasteiger partial charge in [0.1, 0.15) is 0 Å². The number of amides is 1. The largest absolute Gasteiger partial charge is 0.391 e. The van der Waals surface area contributed by atoms with Crippen molar-refractivity contribution in [2.24, 2.45) is 0 Å². The average Bonchev–Trinajstić information content (AvgIpc) is 2.46. The van der Waals surface area contributed by atoms with Crippen LogP contribution in [0.4, 0.5) is 0 Å². The van der Waals surface area contributed by atoms with Crippen molar-refractivity contribution in [2.75, 3.05) is 7.05 Å². The minimum absolute atomic E-state index is 0.0351. The molecule has 0 bridgehead atoms. The number of hydrogen-bond acceptors (Lipinski definition) is 2. The number of nitrogens with zero attached hydrogens (tertiary/aromatic N) is 1. The van der Waals surface area contributed by atoms with Crippen LogP contribution in [0.3, 0.4) is 0 Å². The Balaban J connectivity index is 2.08. The van der Waals surface area contributed by atoms with Gasteiger partial charge in [0.05, 0.1) is 12.1 Å². The molecule has 0 heterocycles. The van der Waals surface area contributed by atoms with Gasteiger partial charge in [0.15, 0.2) is 0 Å². The summed E-state index contributed by atoms with van der Waals surface area (Å²) in [5, 5.41) is 10.0. The zero-order valence-corrected chi connectivity index (χ0v) is 11.9. The normalized spacial score (nSPS) is 23.1. The van der Waals surface area contributed by atoms with Gasteiger partial charge < -0.3 is 10.0 Å². The second-order valence-corrected chi connectivity index (χ2v) is 5.43. The molecule has 1 fully saturated rings. The second-order valence-electron chi connectivity index (χ2n) is 5.17. The second kappa shape index (κ2) is 6.40. The van der Waals surface area contributed by atoms with Crippen LogP contribution < -0.4 is 0 Å². The molecule has 19 heavy (non-hydrogen) atoms. The lowest BCUT2D eigenvalue weighted by atomic mass is 9.91. The summed E-state index contributed by atoms with van der Waals surface area (Å²) in [4.78, 5) is 14.1. The molecule has 0 spiro atoms. The summed E-state index contributed by atoms with van der Waals surface area (Å²) in [6.45, 7) is 0. The number of carbonyl (C=O) groups excluding carboxylic acids is 1. The first-order chi connectivity index (χ1) is 9.13. The van der Waals surface area contributed by atoms with Gasteiger partial charge in [-0.3, -0.25) is 4.79 Å². The quantitative estimate of drug-likeness (QED) is 0.866. The van der Waals surface area contributed by atoms with E-state index < -0.39 is 6.10 Å². The first-order valence-electron chi connectivity index (χ1n) is 6.73. The summed E-state index contributed by atoms with van der Waals surface area (Å²) < 4.78 is 0. The molecule has 2 unspecified atom stereocenters. The fourth-order valence-electron chi connectivity index (χ4n) is 2.63. The van der Waals surface area contributed by atoms with E-state index in [1.54, 1.807) is 24.1 Å². The molecular formula is C15H20ClNO2. The molecule has 1 aromatic rings. The summed E-state index contributed by atoms with van der Waals surface area (Å²) in [6.07, 6.45) is 3.38. The average molecular weight is 282 g/mol. The highest BCUT2D eigenvalue weighted by atomic mass is 35.5. The molecule has 1 aliphatic carbocycles. The van der Waals surface area contributed by atoms with Gasteiger partial charge in [-0.25, -0.2) is 0 Å². The van der Waals surface area contributed by atoms with Crippen LogP contribution in [0.2, 0.25) is 0 Å². The molecule has 0 radical (unpaired) electrons. The highest BCUT2D eigenvalue weighted by Crippen LogP contribution is 2.23. The Morgan fingerprint density at radius 1 is 1.32 bits per heavy atom. The number of rotatable bonds is 3. The zero-order valence-electron chi connectivity index (χ0n) is 11.2. The molecule has 2 atom stereocenters. The summed E-state index contributed by atoms with van der Waals surface area (Å²) in [7, 11) is 1.77. The van der Waals surface area contributed by atoms with Crippen LogP contribution in [0, 0.1) is 0 Å². The highest BCUT2D eigenvalue weighted by molar-refractivity contribution is 6.17. The number of aliphatic hydroxyl groups excluding tert-OH is 1. The monoisotopic (exact) mass is 281 g/mol. The van der Waals surface area contributed by atoms with Crippen molar-refractivity contribution in [2.45, 2.75) is 43.7 Å². The van der Waals surface area contributed by atoms with Gasteiger partial charge in [0.25, 0.3) is 5.91 Å². The summed E-state index contributed by atoms with van der Waals surface area (Å²) in [5.74, 6) is 0.415. The molecule has 1 aromatic carbocycles. The third kappa shape index (κ3) is 3.28. The van der Waals surface area contributed by atoms with E-state index in [0.717, 1.165) is 31.2 Å². The summed E-state index contributed by atoms with van der Waals surface area (Å²) in [5.41, 5.74) is 1.65. The van der Waals surface area contributed by atoms with Gasteiger partial charge in [-0.05, 0) is 30.5 Å². The van der Waals surface area contributed by atoms with E-state index in [-0.39, 0.29) is 11.9 Å². The Morgan fingerprint density at radius 3 is 2.53 bits per heavy atom. The summed E-state index contributed by atoms with van der Waals surface area (Å²) in [6, 6.07) is 7.27.